The molecule has 0 bridgehead atoms. The van der Waals surface area contributed by atoms with E-state index in [0.717, 1.165) is 6.07 Å². The van der Waals surface area contributed by atoms with Gasteiger partial charge in [-0.05, 0) is 6.07 Å². The molecule has 56 valence electrons. The molecule has 1 rings (SSSR count). The minimum absolute atomic E-state index is 0.243. The van der Waals surface area contributed by atoms with Crippen molar-refractivity contribution in [1.82, 2.24) is 0 Å². The summed E-state index contributed by atoms with van der Waals surface area (Å²) in [5.41, 5.74) is 5.30. The van der Waals surface area contributed by atoms with Crippen LogP contribution in [0.1, 0.15) is 11.8 Å². The van der Waals surface area contributed by atoms with Gasteiger partial charge in [-0.25, -0.2) is 0 Å². The molecule has 3 N–H and O–H groups in total. The number of aliphatic hydroxyl groups excluding tert-OH is 1. The van der Waals surface area contributed by atoms with E-state index in [1.54, 1.807) is 0 Å². The molecule has 0 spiro atoms. The largest absolute Gasteiger partial charge is 0.434 e. The lowest BCUT2D eigenvalue weighted by molar-refractivity contribution is 0.238. The Labute approximate surface area is 57.3 Å². The monoisotopic (exact) mass is 145 g/mol. The van der Waals surface area contributed by atoms with Crippen LogP contribution in [0.5, 0.6) is 0 Å². The summed E-state index contributed by atoms with van der Waals surface area (Å²) in [6.07, 6.45) is 0. The van der Waals surface area contributed by atoms with E-state index in [2.05, 4.69) is 4.42 Å². The minimum Gasteiger partial charge on any atom is -0.434 e. The molecule has 1 atom stereocenters. The molecular weight excluding hydrogens is 137 g/mol. The van der Waals surface area contributed by atoms with Gasteiger partial charge in [0.15, 0.2) is 0 Å². The first-order chi connectivity index (χ1) is 4.74. The predicted molar refractivity (Wildman–Crippen MR) is 32.7 cm³/mol. The van der Waals surface area contributed by atoms with Crippen molar-refractivity contribution < 1.29 is 13.9 Å². The van der Waals surface area contributed by atoms with Gasteiger partial charge in [-0.3, -0.25) is 0 Å². The average molecular weight is 145 g/mol. The molecular formula is C6H8FNO2. The quantitative estimate of drug-likeness (QED) is 0.633. The zero-order chi connectivity index (χ0) is 7.56. The highest BCUT2D eigenvalue weighted by Gasteiger charge is 2.08. The van der Waals surface area contributed by atoms with Crippen molar-refractivity contribution in [3.8, 4) is 0 Å². The molecule has 3 nitrogen and oxygen atoms in total. The van der Waals surface area contributed by atoms with Gasteiger partial charge in [0.05, 0.1) is 12.6 Å². The van der Waals surface area contributed by atoms with Crippen molar-refractivity contribution in [3.63, 3.8) is 0 Å². The predicted octanol–water partition coefficient (Wildman–Crippen LogP) is 0.411. The van der Waals surface area contributed by atoms with E-state index < -0.39 is 12.1 Å². The second-order valence-electron chi connectivity index (χ2n) is 1.93. The fourth-order valence-electron chi connectivity index (χ4n) is 0.618. The molecule has 0 aliphatic heterocycles. The van der Waals surface area contributed by atoms with E-state index in [0.29, 0.717) is 0 Å². The molecule has 4 heteroatoms. The normalized spacial score (nSPS) is 13.5. The summed E-state index contributed by atoms with van der Waals surface area (Å²) >= 11 is 0. The van der Waals surface area contributed by atoms with Gasteiger partial charge < -0.3 is 15.3 Å². The van der Waals surface area contributed by atoms with Crippen LogP contribution in [0.3, 0.4) is 0 Å². The summed E-state index contributed by atoms with van der Waals surface area (Å²) < 4.78 is 16.6. The maximum absolute atomic E-state index is 12.1. The number of hydrogen-bond donors (Lipinski definition) is 2. The van der Waals surface area contributed by atoms with E-state index in [9.17, 15) is 4.39 Å². The van der Waals surface area contributed by atoms with Gasteiger partial charge in [-0.2, -0.15) is 4.39 Å². The van der Waals surface area contributed by atoms with Crippen LogP contribution in [0, 0.1) is 6.01 Å². The number of halogens is 1. The summed E-state index contributed by atoms with van der Waals surface area (Å²) in [6.45, 7) is -0.243. The number of furan rings is 1. The lowest BCUT2D eigenvalue weighted by atomic mass is 10.2. The molecule has 0 fully saturated rings. The Kier molecular flexibility index (Phi) is 2.03. The molecule has 10 heavy (non-hydrogen) atoms. The van der Waals surface area contributed by atoms with Crippen molar-refractivity contribution in [2.75, 3.05) is 6.61 Å². The highest BCUT2D eigenvalue weighted by Crippen LogP contribution is 2.12. The zero-order valence-electron chi connectivity index (χ0n) is 5.25. The Balaban J connectivity index is 2.74. The topological polar surface area (TPSA) is 59.4 Å². The molecule has 1 aromatic heterocycles. The smallest absolute Gasteiger partial charge is 0.277 e. The lowest BCUT2D eigenvalue weighted by Crippen LogP contribution is -2.13. The zero-order valence-corrected chi connectivity index (χ0v) is 5.25. The standard InChI is InChI=1S/C6H8FNO2/c7-6-2-1-5(10-6)4(8)3-9/h1-2,4,9H,3,8H2/t4-/m0/s1. The van der Waals surface area contributed by atoms with Gasteiger partial charge in [0.1, 0.15) is 5.76 Å². The van der Waals surface area contributed by atoms with Gasteiger partial charge in [0.2, 0.25) is 0 Å². The fourth-order valence-corrected chi connectivity index (χ4v) is 0.618. The third kappa shape index (κ3) is 1.34. The fraction of sp³-hybridized carbons (Fsp3) is 0.333. The Morgan fingerprint density at radius 3 is 2.80 bits per heavy atom. The van der Waals surface area contributed by atoms with Crippen molar-refractivity contribution >= 4 is 0 Å². The number of hydrogen-bond acceptors (Lipinski definition) is 3. The first-order valence-electron chi connectivity index (χ1n) is 2.85. The summed E-state index contributed by atoms with van der Waals surface area (Å²) in [7, 11) is 0. The van der Waals surface area contributed by atoms with Gasteiger partial charge in [0, 0.05) is 6.07 Å². The van der Waals surface area contributed by atoms with Crippen LogP contribution >= 0.6 is 0 Å². The Morgan fingerprint density at radius 1 is 1.70 bits per heavy atom. The Bertz CT molecular complexity index is 211. The van der Waals surface area contributed by atoms with Crippen molar-refractivity contribution in [3.05, 3.63) is 23.9 Å². The van der Waals surface area contributed by atoms with Crippen molar-refractivity contribution in [1.29, 1.82) is 0 Å². The highest BCUT2D eigenvalue weighted by molar-refractivity contribution is 5.04. The maximum atomic E-state index is 12.1. The molecule has 0 aromatic carbocycles. The third-order valence-corrected chi connectivity index (χ3v) is 1.16. The van der Waals surface area contributed by atoms with Crippen LogP contribution in [0.25, 0.3) is 0 Å². The van der Waals surface area contributed by atoms with E-state index >= 15 is 0 Å². The summed E-state index contributed by atoms with van der Waals surface area (Å²) in [5, 5.41) is 8.49. The number of aliphatic hydroxyl groups is 1. The van der Waals surface area contributed by atoms with Gasteiger partial charge in [0.25, 0.3) is 6.01 Å². The highest BCUT2D eigenvalue weighted by atomic mass is 19.1. The molecule has 1 aromatic rings. The summed E-state index contributed by atoms with van der Waals surface area (Å²) in [4.78, 5) is 0. The molecule has 0 amide bonds. The maximum Gasteiger partial charge on any atom is 0.277 e. The van der Waals surface area contributed by atoms with Crippen LogP contribution in [0.2, 0.25) is 0 Å². The first kappa shape index (κ1) is 7.24. The van der Waals surface area contributed by atoms with Crippen LogP contribution < -0.4 is 5.73 Å². The lowest BCUT2D eigenvalue weighted by Gasteiger charge is -2.01. The van der Waals surface area contributed by atoms with Gasteiger partial charge >= 0.3 is 0 Å². The van der Waals surface area contributed by atoms with Gasteiger partial charge in [-0.15, -0.1) is 0 Å². The molecule has 1 heterocycles. The van der Waals surface area contributed by atoms with Gasteiger partial charge in [-0.1, -0.05) is 0 Å². The number of nitrogens with two attached hydrogens (primary N) is 1. The van der Waals surface area contributed by atoms with Crippen molar-refractivity contribution in [2.45, 2.75) is 6.04 Å². The Morgan fingerprint density at radius 2 is 2.40 bits per heavy atom. The molecule has 0 saturated carbocycles. The van der Waals surface area contributed by atoms with Crippen LogP contribution in [0.4, 0.5) is 4.39 Å². The molecule has 0 saturated heterocycles. The van der Waals surface area contributed by atoms with Crippen LogP contribution in [-0.4, -0.2) is 11.7 Å². The van der Waals surface area contributed by atoms with Crippen molar-refractivity contribution in [2.24, 2.45) is 5.73 Å². The first-order valence-corrected chi connectivity index (χ1v) is 2.85. The summed E-state index contributed by atoms with van der Waals surface area (Å²) in [5.74, 6) is 0.264. The third-order valence-electron chi connectivity index (χ3n) is 1.16. The molecule has 0 radical (unpaired) electrons. The number of rotatable bonds is 2. The Hall–Kier alpha value is -0.870. The molecule has 0 unspecified atom stereocenters. The van der Waals surface area contributed by atoms with E-state index in [-0.39, 0.29) is 12.4 Å². The molecule has 0 aliphatic carbocycles. The average Bonchev–Trinajstić information content (AvgIpc) is 2.34. The summed E-state index contributed by atoms with van der Waals surface area (Å²) in [6, 6.07) is 1.25. The SMILES string of the molecule is N[C@@H](CO)c1ccc(F)o1. The minimum atomic E-state index is -0.682. The second-order valence-corrected chi connectivity index (χ2v) is 1.93. The van der Waals surface area contributed by atoms with E-state index in [1.807, 2.05) is 0 Å². The van der Waals surface area contributed by atoms with Crippen LogP contribution in [-0.2, 0) is 0 Å². The van der Waals surface area contributed by atoms with Crippen LogP contribution in [0.15, 0.2) is 16.5 Å². The second kappa shape index (κ2) is 2.81. The van der Waals surface area contributed by atoms with E-state index in [1.165, 1.54) is 6.07 Å². The molecule has 0 aliphatic rings. The van der Waals surface area contributed by atoms with E-state index in [4.69, 9.17) is 10.8 Å².